The van der Waals surface area contributed by atoms with Gasteiger partial charge in [0.05, 0.1) is 4.92 Å². The lowest BCUT2D eigenvalue weighted by Crippen LogP contribution is -2.40. The summed E-state index contributed by atoms with van der Waals surface area (Å²) in [4.78, 5) is 32.8. The largest absolute Gasteiger partial charge is 0.480 e. The molecule has 0 unspecified atom stereocenters. The van der Waals surface area contributed by atoms with Gasteiger partial charge in [-0.2, -0.15) is 0 Å². The van der Waals surface area contributed by atoms with E-state index in [1.54, 1.807) is 0 Å². The monoisotopic (exact) mass is 281 g/mol. The van der Waals surface area contributed by atoms with Crippen molar-refractivity contribution in [1.29, 1.82) is 0 Å². The summed E-state index contributed by atoms with van der Waals surface area (Å²) in [6.07, 6.45) is 0. The van der Waals surface area contributed by atoms with Crippen molar-refractivity contribution in [2.24, 2.45) is 0 Å². The van der Waals surface area contributed by atoms with Crippen LogP contribution in [0.1, 0.15) is 24.2 Å². The lowest BCUT2D eigenvalue weighted by molar-refractivity contribution is -0.384. The van der Waals surface area contributed by atoms with Crippen molar-refractivity contribution in [1.82, 2.24) is 5.32 Å². The molecule has 8 nitrogen and oxygen atoms in total. The Balaban J connectivity index is 3.24. The molecule has 0 aromatic heterocycles. The zero-order chi connectivity index (χ0) is 15.5. The predicted octanol–water partition coefficient (Wildman–Crippen LogP) is 1.23. The zero-order valence-electron chi connectivity index (χ0n) is 11.3. The van der Waals surface area contributed by atoms with Crippen LogP contribution in [0, 0.1) is 10.1 Å². The van der Waals surface area contributed by atoms with Crippen molar-refractivity contribution in [2.75, 3.05) is 12.4 Å². The molecule has 1 aromatic carbocycles. The molecule has 0 radical (unpaired) electrons. The number of rotatable bonds is 5. The molecule has 1 amide bonds. The van der Waals surface area contributed by atoms with Crippen LogP contribution in [0.2, 0.25) is 0 Å². The number of carbonyl (C=O) groups is 2. The van der Waals surface area contributed by atoms with E-state index in [1.807, 2.05) is 0 Å². The zero-order valence-corrected chi connectivity index (χ0v) is 11.3. The first kappa shape index (κ1) is 15.4. The smallest absolute Gasteiger partial charge is 0.328 e. The number of nitro benzene ring substituents is 1. The molecular weight excluding hydrogens is 266 g/mol. The van der Waals surface area contributed by atoms with E-state index < -0.39 is 22.3 Å². The molecule has 0 spiro atoms. The molecule has 0 aliphatic heterocycles. The molecule has 20 heavy (non-hydrogen) atoms. The fourth-order valence-electron chi connectivity index (χ4n) is 1.46. The normalized spacial score (nSPS) is 10.8. The van der Waals surface area contributed by atoms with Gasteiger partial charge in [-0.15, -0.1) is 0 Å². The standard InChI is InChI=1S/C12H15N3O5/c1-12(2,11(17)18)14-8-5-4-7(10(16)13-3)6-9(8)15(19)20/h4-6,14H,1-3H3,(H,13,16)(H,17,18). The van der Waals surface area contributed by atoms with Crippen LogP contribution in [0.4, 0.5) is 11.4 Å². The predicted molar refractivity (Wildman–Crippen MR) is 71.8 cm³/mol. The maximum Gasteiger partial charge on any atom is 0.328 e. The van der Waals surface area contributed by atoms with Crippen LogP contribution >= 0.6 is 0 Å². The fourth-order valence-corrected chi connectivity index (χ4v) is 1.46. The number of hydrogen-bond acceptors (Lipinski definition) is 5. The first-order chi connectivity index (χ1) is 9.19. The van der Waals surface area contributed by atoms with Gasteiger partial charge in [0.2, 0.25) is 0 Å². The number of anilines is 1. The fraction of sp³-hybridized carbons (Fsp3) is 0.333. The molecule has 8 heteroatoms. The van der Waals surface area contributed by atoms with E-state index in [2.05, 4.69) is 10.6 Å². The first-order valence-corrected chi connectivity index (χ1v) is 5.71. The van der Waals surface area contributed by atoms with Gasteiger partial charge < -0.3 is 15.7 Å². The number of carboxylic acids is 1. The summed E-state index contributed by atoms with van der Waals surface area (Å²) in [6.45, 7) is 2.76. The van der Waals surface area contributed by atoms with Crippen molar-refractivity contribution < 1.29 is 19.6 Å². The third kappa shape index (κ3) is 3.22. The van der Waals surface area contributed by atoms with Gasteiger partial charge in [-0.05, 0) is 26.0 Å². The van der Waals surface area contributed by atoms with Crippen molar-refractivity contribution in [3.05, 3.63) is 33.9 Å². The minimum absolute atomic E-state index is 0.0371. The molecule has 0 aliphatic carbocycles. The van der Waals surface area contributed by atoms with Crippen molar-refractivity contribution in [2.45, 2.75) is 19.4 Å². The van der Waals surface area contributed by atoms with Gasteiger partial charge in [0, 0.05) is 18.7 Å². The Bertz CT molecular complexity index is 568. The Morgan fingerprint density at radius 2 is 1.95 bits per heavy atom. The van der Waals surface area contributed by atoms with Crippen LogP contribution in [-0.4, -0.2) is 34.5 Å². The van der Waals surface area contributed by atoms with Crippen molar-refractivity contribution in [3.63, 3.8) is 0 Å². The molecule has 0 bridgehead atoms. The van der Waals surface area contributed by atoms with E-state index >= 15 is 0 Å². The van der Waals surface area contributed by atoms with E-state index in [0.717, 1.165) is 6.07 Å². The molecule has 0 atom stereocenters. The summed E-state index contributed by atoms with van der Waals surface area (Å²) in [5.74, 6) is -1.61. The highest BCUT2D eigenvalue weighted by molar-refractivity contribution is 5.95. The summed E-state index contributed by atoms with van der Waals surface area (Å²) < 4.78 is 0. The molecule has 3 N–H and O–H groups in total. The minimum Gasteiger partial charge on any atom is -0.480 e. The van der Waals surface area contributed by atoms with Gasteiger partial charge in [-0.1, -0.05) is 0 Å². The van der Waals surface area contributed by atoms with E-state index in [0.29, 0.717) is 0 Å². The van der Waals surface area contributed by atoms with Gasteiger partial charge in [-0.25, -0.2) is 4.79 Å². The number of carbonyl (C=O) groups excluding carboxylic acids is 1. The summed E-state index contributed by atoms with van der Waals surface area (Å²) in [6, 6.07) is 3.79. The van der Waals surface area contributed by atoms with Gasteiger partial charge in [0.25, 0.3) is 11.6 Å². The molecule has 0 saturated heterocycles. The maximum atomic E-state index is 11.4. The van der Waals surface area contributed by atoms with Gasteiger partial charge >= 0.3 is 5.97 Å². The number of amides is 1. The van der Waals surface area contributed by atoms with Gasteiger partial charge in [-0.3, -0.25) is 14.9 Å². The molecule has 1 aromatic rings. The summed E-state index contributed by atoms with van der Waals surface area (Å²) in [5, 5.41) is 25.0. The van der Waals surface area contributed by atoms with Crippen molar-refractivity contribution in [3.8, 4) is 0 Å². The summed E-state index contributed by atoms with van der Waals surface area (Å²) in [5.41, 5.74) is -1.58. The Morgan fingerprint density at radius 3 is 2.40 bits per heavy atom. The van der Waals surface area contributed by atoms with E-state index in [4.69, 9.17) is 5.11 Å². The van der Waals surface area contributed by atoms with Crippen molar-refractivity contribution >= 4 is 23.3 Å². The quantitative estimate of drug-likeness (QED) is 0.551. The van der Waals surface area contributed by atoms with Crippen LogP contribution in [0.15, 0.2) is 18.2 Å². The maximum absolute atomic E-state index is 11.4. The number of benzene rings is 1. The van der Waals surface area contributed by atoms with Gasteiger partial charge in [0.1, 0.15) is 11.2 Å². The SMILES string of the molecule is CNC(=O)c1ccc(NC(C)(C)C(=O)O)c([N+](=O)[O-])c1. The lowest BCUT2D eigenvalue weighted by Gasteiger charge is -2.22. The summed E-state index contributed by atoms with van der Waals surface area (Å²) in [7, 11) is 1.41. The molecule has 1 rings (SSSR count). The second-order valence-electron chi connectivity index (χ2n) is 4.62. The number of nitro groups is 1. The Morgan fingerprint density at radius 1 is 1.35 bits per heavy atom. The first-order valence-electron chi connectivity index (χ1n) is 5.71. The lowest BCUT2D eigenvalue weighted by atomic mass is 10.0. The molecular formula is C12H15N3O5. The Hall–Kier alpha value is -2.64. The Kier molecular flexibility index (Phi) is 4.28. The van der Waals surface area contributed by atoms with E-state index in [1.165, 1.54) is 33.0 Å². The number of carboxylic acid groups (broad SMARTS) is 1. The van der Waals surface area contributed by atoms with Crippen LogP contribution in [0.3, 0.4) is 0 Å². The topological polar surface area (TPSA) is 122 Å². The molecule has 0 saturated carbocycles. The number of nitrogens with zero attached hydrogens (tertiary/aromatic N) is 1. The van der Waals surface area contributed by atoms with E-state index in [-0.39, 0.29) is 16.9 Å². The third-order valence-corrected chi connectivity index (χ3v) is 2.67. The minimum atomic E-state index is -1.38. The second kappa shape index (κ2) is 5.55. The molecule has 0 fully saturated rings. The summed E-state index contributed by atoms with van der Waals surface area (Å²) >= 11 is 0. The molecule has 0 aliphatic rings. The number of nitrogens with one attached hydrogen (secondary N) is 2. The average Bonchev–Trinajstić information content (AvgIpc) is 2.37. The second-order valence-corrected chi connectivity index (χ2v) is 4.62. The van der Waals surface area contributed by atoms with Crippen LogP contribution in [0.5, 0.6) is 0 Å². The van der Waals surface area contributed by atoms with E-state index in [9.17, 15) is 19.7 Å². The van der Waals surface area contributed by atoms with Gasteiger partial charge in [0.15, 0.2) is 0 Å². The molecule has 108 valence electrons. The highest BCUT2D eigenvalue weighted by Crippen LogP contribution is 2.28. The van der Waals surface area contributed by atoms with Crippen LogP contribution < -0.4 is 10.6 Å². The highest BCUT2D eigenvalue weighted by Gasteiger charge is 2.29. The Labute approximate surface area is 114 Å². The van der Waals surface area contributed by atoms with Crippen LogP contribution in [0.25, 0.3) is 0 Å². The number of aliphatic carboxylic acids is 1. The molecule has 0 heterocycles. The highest BCUT2D eigenvalue weighted by atomic mass is 16.6. The average molecular weight is 281 g/mol. The number of hydrogen-bond donors (Lipinski definition) is 3. The third-order valence-electron chi connectivity index (χ3n) is 2.67. The van der Waals surface area contributed by atoms with Crippen LogP contribution in [-0.2, 0) is 4.79 Å².